The summed E-state index contributed by atoms with van der Waals surface area (Å²) in [5.41, 5.74) is 5.40. The quantitative estimate of drug-likeness (QED) is 0.694. The van der Waals surface area contributed by atoms with E-state index in [-0.39, 0.29) is 18.1 Å². The van der Waals surface area contributed by atoms with Crippen molar-refractivity contribution in [2.75, 3.05) is 12.4 Å². The van der Waals surface area contributed by atoms with Crippen LogP contribution in [0, 0.1) is 0 Å². The molecular formula is C8H12FN3O2. The largest absolute Gasteiger partial charge is 0.476 e. The number of aryl methyl sites for hydroxylation is 1. The van der Waals surface area contributed by atoms with Crippen molar-refractivity contribution in [3.8, 4) is 0 Å². The lowest BCUT2D eigenvalue weighted by molar-refractivity contribution is 0.0690. The van der Waals surface area contributed by atoms with E-state index in [1.807, 2.05) is 0 Å². The number of nitrogen functional groups attached to an aromatic ring is 1. The first-order chi connectivity index (χ1) is 6.65. The minimum absolute atomic E-state index is 0.137. The molecule has 0 amide bonds. The maximum atomic E-state index is 11.8. The van der Waals surface area contributed by atoms with Gasteiger partial charge in [0.05, 0.1) is 12.4 Å². The topological polar surface area (TPSA) is 81.1 Å². The minimum Gasteiger partial charge on any atom is -0.476 e. The van der Waals surface area contributed by atoms with Crippen molar-refractivity contribution in [2.45, 2.75) is 19.4 Å². The summed E-state index contributed by atoms with van der Waals surface area (Å²) in [5, 5.41) is 12.4. The Hall–Kier alpha value is -1.59. The highest BCUT2D eigenvalue weighted by Gasteiger charge is 2.12. The van der Waals surface area contributed by atoms with Crippen LogP contribution in [0.2, 0.25) is 0 Å². The molecule has 1 rings (SSSR count). The number of anilines is 1. The fraction of sp³-hybridized carbons (Fsp3) is 0.500. The van der Waals surface area contributed by atoms with Crippen molar-refractivity contribution in [1.82, 2.24) is 9.78 Å². The molecule has 0 bridgehead atoms. The van der Waals surface area contributed by atoms with Crippen LogP contribution < -0.4 is 5.73 Å². The lowest BCUT2D eigenvalue weighted by atomic mass is 10.3. The average Bonchev–Trinajstić information content (AvgIpc) is 2.47. The SMILES string of the molecule is Nc1cn(CCCCF)nc1C(=O)O. The number of aromatic nitrogens is 2. The van der Waals surface area contributed by atoms with E-state index in [0.29, 0.717) is 19.4 Å². The molecule has 3 N–H and O–H groups in total. The molecule has 1 aromatic rings. The molecule has 0 aliphatic heterocycles. The molecule has 0 saturated heterocycles. The lowest BCUT2D eigenvalue weighted by Crippen LogP contribution is -2.04. The number of rotatable bonds is 5. The summed E-state index contributed by atoms with van der Waals surface area (Å²) in [6.07, 6.45) is 2.51. The lowest BCUT2D eigenvalue weighted by Gasteiger charge is -1.97. The van der Waals surface area contributed by atoms with Gasteiger partial charge in [0.2, 0.25) is 0 Å². The molecule has 0 unspecified atom stereocenters. The van der Waals surface area contributed by atoms with Gasteiger partial charge in [-0.1, -0.05) is 0 Å². The number of aromatic carboxylic acids is 1. The molecule has 5 nitrogen and oxygen atoms in total. The van der Waals surface area contributed by atoms with Crippen LogP contribution in [-0.2, 0) is 6.54 Å². The van der Waals surface area contributed by atoms with Crippen LogP contribution in [0.4, 0.5) is 10.1 Å². The Balaban J connectivity index is 2.62. The fourth-order valence-corrected chi connectivity index (χ4v) is 1.09. The highest BCUT2D eigenvalue weighted by molar-refractivity contribution is 5.91. The minimum atomic E-state index is -1.15. The van der Waals surface area contributed by atoms with Crippen molar-refractivity contribution in [3.63, 3.8) is 0 Å². The van der Waals surface area contributed by atoms with Crippen LogP contribution in [-0.4, -0.2) is 27.5 Å². The highest BCUT2D eigenvalue weighted by atomic mass is 19.1. The van der Waals surface area contributed by atoms with E-state index in [4.69, 9.17) is 10.8 Å². The zero-order chi connectivity index (χ0) is 10.6. The Kier molecular flexibility index (Phi) is 3.44. The molecule has 1 aromatic heterocycles. The second-order valence-electron chi connectivity index (χ2n) is 2.90. The highest BCUT2D eigenvalue weighted by Crippen LogP contribution is 2.09. The number of carboxylic acids is 1. The number of nitrogens with zero attached hydrogens (tertiary/aromatic N) is 2. The molecule has 14 heavy (non-hydrogen) atoms. The summed E-state index contributed by atoms with van der Waals surface area (Å²) >= 11 is 0. The monoisotopic (exact) mass is 201 g/mol. The summed E-state index contributed by atoms with van der Waals surface area (Å²) in [4.78, 5) is 10.5. The molecule has 0 fully saturated rings. The smallest absolute Gasteiger partial charge is 0.358 e. The molecule has 0 spiro atoms. The van der Waals surface area contributed by atoms with E-state index >= 15 is 0 Å². The normalized spacial score (nSPS) is 10.4. The van der Waals surface area contributed by atoms with E-state index < -0.39 is 5.97 Å². The van der Waals surface area contributed by atoms with Crippen molar-refractivity contribution < 1.29 is 14.3 Å². The van der Waals surface area contributed by atoms with E-state index in [2.05, 4.69) is 5.10 Å². The van der Waals surface area contributed by atoms with Crippen LogP contribution in [0.1, 0.15) is 23.3 Å². The molecule has 0 aliphatic carbocycles. The van der Waals surface area contributed by atoms with Gasteiger partial charge in [-0.15, -0.1) is 0 Å². The predicted octanol–water partition coefficient (Wildman–Crippen LogP) is 0.913. The Morgan fingerprint density at radius 2 is 2.36 bits per heavy atom. The van der Waals surface area contributed by atoms with Gasteiger partial charge in [-0.05, 0) is 12.8 Å². The Bertz CT molecular complexity index is 324. The summed E-state index contributed by atoms with van der Waals surface area (Å²) in [6, 6.07) is 0. The average molecular weight is 201 g/mol. The van der Waals surface area contributed by atoms with E-state index in [1.54, 1.807) is 0 Å². The van der Waals surface area contributed by atoms with Gasteiger partial charge in [-0.25, -0.2) is 4.79 Å². The first kappa shape index (κ1) is 10.5. The first-order valence-corrected chi connectivity index (χ1v) is 4.27. The maximum absolute atomic E-state index is 11.8. The maximum Gasteiger partial charge on any atom is 0.358 e. The van der Waals surface area contributed by atoms with Crippen LogP contribution in [0.5, 0.6) is 0 Å². The zero-order valence-corrected chi connectivity index (χ0v) is 7.61. The van der Waals surface area contributed by atoms with E-state index in [1.165, 1.54) is 10.9 Å². The molecule has 0 aromatic carbocycles. The number of hydrogen-bond donors (Lipinski definition) is 2. The summed E-state index contributed by atoms with van der Waals surface area (Å²) in [5.74, 6) is -1.15. The second-order valence-corrected chi connectivity index (χ2v) is 2.90. The van der Waals surface area contributed by atoms with E-state index in [9.17, 15) is 9.18 Å². The van der Waals surface area contributed by atoms with E-state index in [0.717, 1.165) is 0 Å². The van der Waals surface area contributed by atoms with Crippen LogP contribution in [0.3, 0.4) is 0 Å². The third-order valence-corrected chi connectivity index (χ3v) is 1.76. The number of carbonyl (C=O) groups is 1. The Labute approximate surface area is 80.3 Å². The molecule has 0 saturated carbocycles. The Morgan fingerprint density at radius 3 is 2.86 bits per heavy atom. The summed E-state index contributed by atoms with van der Waals surface area (Å²) in [6.45, 7) is 0.115. The van der Waals surface area contributed by atoms with Gasteiger partial charge in [0, 0.05) is 12.7 Å². The van der Waals surface area contributed by atoms with Gasteiger partial charge in [-0.3, -0.25) is 9.07 Å². The standard InChI is InChI=1S/C8H12FN3O2/c9-3-1-2-4-12-5-6(10)7(11-12)8(13)14/h5H,1-4,10H2,(H,13,14). The van der Waals surface area contributed by atoms with Gasteiger partial charge in [0.1, 0.15) is 0 Å². The molecule has 0 aliphatic rings. The van der Waals surface area contributed by atoms with Gasteiger partial charge in [0.15, 0.2) is 5.69 Å². The van der Waals surface area contributed by atoms with Crippen molar-refractivity contribution in [1.29, 1.82) is 0 Å². The van der Waals surface area contributed by atoms with Crippen molar-refractivity contribution >= 4 is 11.7 Å². The Morgan fingerprint density at radius 1 is 1.64 bits per heavy atom. The number of hydrogen-bond acceptors (Lipinski definition) is 3. The molecule has 1 heterocycles. The number of unbranched alkanes of at least 4 members (excludes halogenated alkanes) is 1. The first-order valence-electron chi connectivity index (χ1n) is 4.27. The summed E-state index contributed by atoms with van der Waals surface area (Å²) < 4.78 is 13.2. The third-order valence-electron chi connectivity index (χ3n) is 1.76. The molecule has 0 radical (unpaired) electrons. The number of nitrogens with two attached hydrogens (primary N) is 1. The molecular weight excluding hydrogens is 189 g/mol. The van der Waals surface area contributed by atoms with Crippen LogP contribution >= 0.6 is 0 Å². The van der Waals surface area contributed by atoms with Gasteiger partial charge < -0.3 is 10.8 Å². The van der Waals surface area contributed by atoms with Gasteiger partial charge in [-0.2, -0.15) is 5.10 Å². The van der Waals surface area contributed by atoms with Crippen molar-refractivity contribution in [2.24, 2.45) is 0 Å². The number of halogens is 1. The van der Waals surface area contributed by atoms with Gasteiger partial charge in [0.25, 0.3) is 0 Å². The fourth-order valence-electron chi connectivity index (χ4n) is 1.09. The molecule has 6 heteroatoms. The third kappa shape index (κ3) is 2.45. The second kappa shape index (κ2) is 4.59. The molecule has 0 atom stereocenters. The summed E-state index contributed by atoms with van der Waals surface area (Å²) in [7, 11) is 0. The zero-order valence-electron chi connectivity index (χ0n) is 7.61. The van der Waals surface area contributed by atoms with Crippen LogP contribution in [0.15, 0.2) is 6.20 Å². The number of alkyl halides is 1. The van der Waals surface area contributed by atoms with Crippen molar-refractivity contribution in [3.05, 3.63) is 11.9 Å². The predicted molar refractivity (Wildman–Crippen MR) is 48.8 cm³/mol. The molecule has 78 valence electrons. The van der Waals surface area contributed by atoms with Crippen LogP contribution in [0.25, 0.3) is 0 Å². The number of carboxylic acid groups (broad SMARTS) is 1. The van der Waals surface area contributed by atoms with Gasteiger partial charge >= 0.3 is 5.97 Å².